The van der Waals surface area contributed by atoms with Crippen LogP contribution in [0.25, 0.3) is 0 Å². The topological polar surface area (TPSA) is 62.5 Å². The standard InChI is InChI=1S/C16H20N4OS.2ClH/c1-12-3-4-13(17)11-14(12)15(21)19-6-2-7-20(9-8-19)16-18-5-10-22-16;;/h3-5,10-11H,2,6-9,17H2,1H3;2*1H. The van der Waals surface area contributed by atoms with Crippen molar-refractivity contribution in [3.8, 4) is 0 Å². The zero-order chi connectivity index (χ0) is 15.5. The van der Waals surface area contributed by atoms with Gasteiger partial charge in [0.1, 0.15) is 0 Å². The molecule has 1 saturated heterocycles. The number of amides is 1. The van der Waals surface area contributed by atoms with Crippen LogP contribution in [-0.2, 0) is 0 Å². The predicted octanol–water partition coefficient (Wildman–Crippen LogP) is 3.23. The highest BCUT2D eigenvalue weighted by Gasteiger charge is 2.22. The lowest BCUT2D eigenvalue weighted by Gasteiger charge is -2.22. The maximum absolute atomic E-state index is 12.8. The first-order chi connectivity index (χ1) is 10.6. The zero-order valence-electron chi connectivity index (χ0n) is 13.5. The number of benzene rings is 1. The van der Waals surface area contributed by atoms with Crippen LogP contribution in [0.5, 0.6) is 0 Å². The summed E-state index contributed by atoms with van der Waals surface area (Å²) in [4.78, 5) is 21.3. The number of aromatic nitrogens is 1. The van der Waals surface area contributed by atoms with E-state index in [9.17, 15) is 4.79 Å². The van der Waals surface area contributed by atoms with Gasteiger partial charge in [-0.05, 0) is 31.0 Å². The van der Waals surface area contributed by atoms with Crippen LogP contribution < -0.4 is 10.6 Å². The lowest BCUT2D eigenvalue weighted by molar-refractivity contribution is 0.0766. The van der Waals surface area contributed by atoms with Crippen LogP contribution in [0.3, 0.4) is 0 Å². The summed E-state index contributed by atoms with van der Waals surface area (Å²) in [7, 11) is 0. The normalized spacial score (nSPS) is 14.4. The van der Waals surface area contributed by atoms with Crippen LogP contribution in [0.15, 0.2) is 29.8 Å². The van der Waals surface area contributed by atoms with E-state index in [0.29, 0.717) is 17.8 Å². The molecule has 2 heterocycles. The molecule has 5 nitrogen and oxygen atoms in total. The number of halogens is 2. The summed E-state index contributed by atoms with van der Waals surface area (Å²) < 4.78 is 0. The van der Waals surface area contributed by atoms with Crippen molar-refractivity contribution < 1.29 is 4.79 Å². The molecule has 1 amide bonds. The number of aryl methyl sites for hydroxylation is 1. The number of hydrogen-bond acceptors (Lipinski definition) is 5. The fraction of sp³-hybridized carbons (Fsp3) is 0.375. The Kier molecular flexibility index (Phi) is 7.79. The molecule has 2 N–H and O–H groups in total. The average Bonchev–Trinajstić information content (AvgIpc) is 2.94. The molecule has 0 atom stereocenters. The highest BCUT2D eigenvalue weighted by Crippen LogP contribution is 2.21. The third-order valence-corrected chi connectivity index (χ3v) is 4.80. The van der Waals surface area contributed by atoms with Crippen molar-refractivity contribution >= 4 is 52.9 Å². The zero-order valence-corrected chi connectivity index (χ0v) is 15.9. The Morgan fingerprint density at radius 1 is 1.21 bits per heavy atom. The molecule has 1 aromatic heterocycles. The molecule has 132 valence electrons. The largest absolute Gasteiger partial charge is 0.399 e. The number of rotatable bonds is 2. The predicted molar refractivity (Wildman–Crippen MR) is 105 cm³/mol. The van der Waals surface area contributed by atoms with Gasteiger partial charge in [0, 0.05) is 49.0 Å². The second kappa shape index (κ2) is 9.11. The molecular formula is C16H22Cl2N4OS. The summed E-state index contributed by atoms with van der Waals surface area (Å²) in [6.07, 6.45) is 2.77. The highest BCUT2D eigenvalue weighted by atomic mass is 35.5. The van der Waals surface area contributed by atoms with Crippen molar-refractivity contribution in [2.75, 3.05) is 36.8 Å². The van der Waals surface area contributed by atoms with Gasteiger partial charge in [-0.3, -0.25) is 4.79 Å². The molecule has 0 bridgehead atoms. The Bertz CT molecular complexity index is 666. The van der Waals surface area contributed by atoms with E-state index in [0.717, 1.165) is 36.8 Å². The van der Waals surface area contributed by atoms with Gasteiger partial charge < -0.3 is 15.5 Å². The monoisotopic (exact) mass is 388 g/mol. The third-order valence-electron chi connectivity index (χ3n) is 3.96. The van der Waals surface area contributed by atoms with Crippen LogP contribution in [0.4, 0.5) is 10.8 Å². The van der Waals surface area contributed by atoms with Crippen molar-refractivity contribution in [2.24, 2.45) is 0 Å². The average molecular weight is 389 g/mol. The van der Waals surface area contributed by atoms with Crippen molar-refractivity contribution in [1.82, 2.24) is 9.88 Å². The number of thiazole rings is 1. The number of hydrogen-bond donors (Lipinski definition) is 1. The second-order valence-electron chi connectivity index (χ2n) is 5.52. The van der Waals surface area contributed by atoms with E-state index in [-0.39, 0.29) is 30.7 Å². The van der Waals surface area contributed by atoms with Gasteiger partial charge in [-0.2, -0.15) is 0 Å². The Hall–Kier alpha value is -1.50. The molecule has 0 spiro atoms. The van der Waals surface area contributed by atoms with Gasteiger partial charge in [0.25, 0.3) is 5.91 Å². The maximum Gasteiger partial charge on any atom is 0.254 e. The van der Waals surface area contributed by atoms with Crippen molar-refractivity contribution in [1.29, 1.82) is 0 Å². The molecule has 0 unspecified atom stereocenters. The van der Waals surface area contributed by atoms with Gasteiger partial charge in [-0.1, -0.05) is 6.07 Å². The number of nitrogens with two attached hydrogens (primary N) is 1. The lowest BCUT2D eigenvalue weighted by Crippen LogP contribution is -2.35. The number of anilines is 2. The number of nitrogens with zero attached hydrogens (tertiary/aromatic N) is 3. The molecule has 0 radical (unpaired) electrons. The van der Waals surface area contributed by atoms with Gasteiger partial charge in [-0.25, -0.2) is 4.98 Å². The molecule has 1 aliphatic heterocycles. The van der Waals surface area contributed by atoms with E-state index < -0.39 is 0 Å². The molecule has 24 heavy (non-hydrogen) atoms. The van der Waals surface area contributed by atoms with Crippen LogP contribution in [0.2, 0.25) is 0 Å². The Morgan fingerprint density at radius 2 is 2.00 bits per heavy atom. The fourth-order valence-corrected chi connectivity index (χ4v) is 3.42. The van der Waals surface area contributed by atoms with Gasteiger partial charge in [0.15, 0.2) is 5.13 Å². The molecule has 1 aliphatic rings. The first-order valence-electron chi connectivity index (χ1n) is 7.45. The lowest BCUT2D eigenvalue weighted by atomic mass is 10.1. The Morgan fingerprint density at radius 3 is 2.71 bits per heavy atom. The molecule has 8 heteroatoms. The Labute approximate surface area is 158 Å². The smallest absolute Gasteiger partial charge is 0.254 e. The van der Waals surface area contributed by atoms with Crippen molar-refractivity contribution in [3.05, 3.63) is 40.9 Å². The minimum Gasteiger partial charge on any atom is -0.399 e. The molecule has 0 aliphatic carbocycles. The van der Waals surface area contributed by atoms with Crippen LogP contribution in [0.1, 0.15) is 22.3 Å². The van der Waals surface area contributed by atoms with Crippen molar-refractivity contribution in [2.45, 2.75) is 13.3 Å². The van der Waals surface area contributed by atoms with Gasteiger partial charge >= 0.3 is 0 Å². The minimum atomic E-state index is 0. The van der Waals surface area contributed by atoms with Crippen LogP contribution in [0, 0.1) is 6.92 Å². The van der Waals surface area contributed by atoms with E-state index in [2.05, 4.69) is 9.88 Å². The molecule has 0 saturated carbocycles. The van der Waals surface area contributed by atoms with Gasteiger partial charge in [0.2, 0.25) is 0 Å². The van der Waals surface area contributed by atoms with E-state index in [1.54, 1.807) is 17.4 Å². The molecule has 3 rings (SSSR count). The van der Waals surface area contributed by atoms with Gasteiger partial charge in [0.05, 0.1) is 0 Å². The minimum absolute atomic E-state index is 0. The van der Waals surface area contributed by atoms with Gasteiger partial charge in [-0.15, -0.1) is 36.2 Å². The van der Waals surface area contributed by atoms with E-state index in [4.69, 9.17) is 5.73 Å². The summed E-state index contributed by atoms with van der Waals surface area (Å²) in [6.45, 7) is 5.20. The van der Waals surface area contributed by atoms with Crippen LogP contribution in [-0.4, -0.2) is 42.0 Å². The van der Waals surface area contributed by atoms with Crippen molar-refractivity contribution in [3.63, 3.8) is 0 Å². The summed E-state index contributed by atoms with van der Waals surface area (Å²) in [5.41, 5.74) is 8.14. The number of carbonyl (C=O) groups is 1. The molecule has 1 fully saturated rings. The molecular weight excluding hydrogens is 367 g/mol. The highest BCUT2D eigenvalue weighted by molar-refractivity contribution is 7.13. The van der Waals surface area contributed by atoms with E-state index in [1.165, 1.54) is 0 Å². The summed E-state index contributed by atoms with van der Waals surface area (Å²) in [5.74, 6) is 0.0748. The third kappa shape index (κ3) is 4.53. The molecule has 1 aromatic carbocycles. The quantitative estimate of drug-likeness (QED) is 0.802. The summed E-state index contributed by atoms with van der Waals surface area (Å²) in [5, 5.41) is 3.02. The first kappa shape index (κ1) is 20.5. The fourth-order valence-electron chi connectivity index (χ4n) is 2.72. The number of carbonyl (C=O) groups excluding carboxylic acids is 1. The maximum atomic E-state index is 12.8. The number of nitrogen functional groups attached to an aromatic ring is 1. The van der Waals surface area contributed by atoms with Crippen LogP contribution >= 0.6 is 36.2 Å². The Balaban J connectivity index is 0.00000144. The summed E-state index contributed by atoms with van der Waals surface area (Å²) in [6, 6.07) is 5.52. The first-order valence-corrected chi connectivity index (χ1v) is 8.33. The van der Waals surface area contributed by atoms with E-state index >= 15 is 0 Å². The SMILES string of the molecule is Cc1ccc(N)cc1C(=O)N1CCCN(c2nccs2)CC1.Cl.Cl. The molecule has 2 aromatic rings. The second-order valence-corrected chi connectivity index (χ2v) is 6.39. The van der Waals surface area contributed by atoms with E-state index in [1.807, 2.05) is 35.5 Å². The summed E-state index contributed by atoms with van der Waals surface area (Å²) >= 11 is 1.64.